The lowest BCUT2D eigenvalue weighted by Gasteiger charge is -2.31. The van der Waals surface area contributed by atoms with Crippen LogP contribution in [0.2, 0.25) is 0 Å². The molecule has 0 atom stereocenters. The number of hydrogen-bond donors (Lipinski definition) is 1. The Hall–Kier alpha value is -2.68. The Balaban J connectivity index is 1.58. The quantitative estimate of drug-likeness (QED) is 0.872. The molecule has 1 aromatic carbocycles. The van der Waals surface area contributed by atoms with Crippen LogP contribution in [0.25, 0.3) is 0 Å². The summed E-state index contributed by atoms with van der Waals surface area (Å²) in [6.07, 6.45) is 3.48. The number of hydrogen-bond acceptors (Lipinski definition) is 5. The predicted octanol–water partition coefficient (Wildman–Crippen LogP) is 1.78. The average molecular weight is 380 g/mol. The van der Waals surface area contributed by atoms with E-state index in [-0.39, 0.29) is 10.8 Å². The zero-order valence-electron chi connectivity index (χ0n) is 13.7. The molecule has 2 aromatic rings. The number of sulfonamides is 1. The van der Waals surface area contributed by atoms with Gasteiger partial charge in [-0.1, -0.05) is 0 Å². The lowest BCUT2D eigenvalue weighted by Crippen LogP contribution is -2.44. The molecule has 9 heteroatoms. The average Bonchev–Trinajstić information content (AvgIpc) is 3.16. The summed E-state index contributed by atoms with van der Waals surface area (Å²) in [5.41, 5.74) is 0.437. The van der Waals surface area contributed by atoms with E-state index in [0.29, 0.717) is 31.5 Å². The predicted molar refractivity (Wildman–Crippen MR) is 89.1 cm³/mol. The second-order valence-corrected chi connectivity index (χ2v) is 7.68. The normalized spacial score (nSPS) is 15.7. The summed E-state index contributed by atoms with van der Waals surface area (Å²) >= 11 is 0. The molecule has 26 heavy (non-hydrogen) atoms. The summed E-state index contributed by atoms with van der Waals surface area (Å²) < 4.78 is 44.2. The molecule has 1 saturated heterocycles. The van der Waals surface area contributed by atoms with Gasteiger partial charge in [0.05, 0.1) is 16.7 Å². The van der Waals surface area contributed by atoms with E-state index < -0.39 is 27.7 Å². The fourth-order valence-electron chi connectivity index (χ4n) is 2.80. The van der Waals surface area contributed by atoms with Crippen molar-refractivity contribution in [3.8, 4) is 0 Å². The summed E-state index contributed by atoms with van der Waals surface area (Å²) in [5.74, 6) is -1.88. The second kappa shape index (κ2) is 7.28. The van der Waals surface area contributed by atoms with E-state index in [1.807, 2.05) is 4.72 Å². The summed E-state index contributed by atoms with van der Waals surface area (Å²) in [6, 6.07) is 5.78. The number of likely N-dealkylation sites (tertiary alicyclic amines) is 1. The van der Waals surface area contributed by atoms with Gasteiger partial charge in [0.15, 0.2) is 0 Å². The number of halogens is 1. The highest BCUT2D eigenvalue weighted by Crippen LogP contribution is 2.20. The number of carbonyl (C=O) groups excluding carboxylic acids is 2. The molecule has 2 heterocycles. The minimum atomic E-state index is -4.05. The number of nitrogens with one attached hydrogen (secondary N) is 1. The minimum Gasteiger partial charge on any atom is -0.472 e. The van der Waals surface area contributed by atoms with E-state index in [9.17, 15) is 22.4 Å². The largest absolute Gasteiger partial charge is 0.472 e. The first-order chi connectivity index (χ1) is 12.4. The van der Waals surface area contributed by atoms with Crippen LogP contribution in [0.1, 0.15) is 23.2 Å². The van der Waals surface area contributed by atoms with Gasteiger partial charge in [0, 0.05) is 19.0 Å². The van der Waals surface area contributed by atoms with Crippen LogP contribution in [-0.2, 0) is 14.8 Å². The number of carbonyl (C=O) groups is 2. The third-order valence-electron chi connectivity index (χ3n) is 4.28. The lowest BCUT2D eigenvalue weighted by atomic mass is 9.96. The summed E-state index contributed by atoms with van der Waals surface area (Å²) in [6.45, 7) is 0.692. The molecule has 0 aliphatic carbocycles. The first-order valence-electron chi connectivity index (χ1n) is 8.00. The van der Waals surface area contributed by atoms with Crippen LogP contribution in [0.5, 0.6) is 0 Å². The van der Waals surface area contributed by atoms with Gasteiger partial charge in [0.25, 0.3) is 15.9 Å². The highest BCUT2D eigenvalue weighted by molar-refractivity contribution is 7.90. The van der Waals surface area contributed by atoms with E-state index in [4.69, 9.17) is 4.42 Å². The molecule has 0 radical (unpaired) electrons. The molecule has 3 rings (SSSR count). The molecule has 138 valence electrons. The van der Waals surface area contributed by atoms with Gasteiger partial charge in [-0.25, -0.2) is 17.5 Å². The molecule has 0 bridgehead atoms. The number of rotatable bonds is 4. The van der Waals surface area contributed by atoms with Gasteiger partial charge >= 0.3 is 0 Å². The van der Waals surface area contributed by atoms with Gasteiger partial charge in [-0.05, 0) is 43.2 Å². The molecule has 0 saturated carbocycles. The SMILES string of the molecule is O=C(NS(=O)(=O)c1ccc(F)cc1)C1CCN(C(=O)c2ccoc2)CC1. The molecule has 2 amide bonds. The molecule has 1 aliphatic heterocycles. The highest BCUT2D eigenvalue weighted by Gasteiger charge is 2.30. The van der Waals surface area contributed by atoms with Gasteiger partial charge < -0.3 is 9.32 Å². The van der Waals surface area contributed by atoms with Crippen LogP contribution < -0.4 is 4.72 Å². The second-order valence-electron chi connectivity index (χ2n) is 6.00. The molecule has 1 aromatic heterocycles. The van der Waals surface area contributed by atoms with E-state index in [1.165, 1.54) is 12.5 Å². The van der Waals surface area contributed by atoms with Crippen molar-refractivity contribution < 1.29 is 26.8 Å². The minimum absolute atomic E-state index is 0.181. The fourth-order valence-corrected chi connectivity index (χ4v) is 3.85. The van der Waals surface area contributed by atoms with Gasteiger partial charge in [-0.15, -0.1) is 0 Å². The third-order valence-corrected chi connectivity index (χ3v) is 5.64. The van der Waals surface area contributed by atoms with Crippen LogP contribution in [0.3, 0.4) is 0 Å². The fraction of sp³-hybridized carbons (Fsp3) is 0.294. The zero-order chi connectivity index (χ0) is 18.7. The number of piperidine rings is 1. The summed E-state index contributed by atoms with van der Waals surface area (Å²) in [4.78, 5) is 25.9. The van der Waals surface area contributed by atoms with E-state index in [2.05, 4.69) is 0 Å². The first-order valence-corrected chi connectivity index (χ1v) is 9.49. The van der Waals surface area contributed by atoms with Crippen molar-refractivity contribution in [2.45, 2.75) is 17.7 Å². The molecular formula is C17H17FN2O5S. The molecule has 7 nitrogen and oxygen atoms in total. The van der Waals surface area contributed by atoms with Gasteiger partial charge in [-0.3, -0.25) is 9.59 Å². The molecule has 1 aliphatic rings. The van der Waals surface area contributed by atoms with Crippen molar-refractivity contribution in [2.75, 3.05) is 13.1 Å². The first kappa shape index (κ1) is 18.1. The highest BCUT2D eigenvalue weighted by atomic mass is 32.2. The van der Waals surface area contributed by atoms with Crippen molar-refractivity contribution in [2.24, 2.45) is 5.92 Å². The standard InChI is InChI=1S/C17H17FN2O5S/c18-14-1-3-15(4-2-14)26(23,24)19-16(21)12-5-8-20(9-6-12)17(22)13-7-10-25-11-13/h1-4,7,10-12H,5-6,8-9H2,(H,19,21). The van der Waals surface area contributed by atoms with Crippen LogP contribution >= 0.6 is 0 Å². The topological polar surface area (TPSA) is 96.7 Å². The monoisotopic (exact) mass is 380 g/mol. The Morgan fingerprint density at radius 1 is 1.12 bits per heavy atom. The van der Waals surface area contributed by atoms with Crippen molar-refractivity contribution in [1.82, 2.24) is 9.62 Å². The van der Waals surface area contributed by atoms with Crippen LogP contribution in [0.4, 0.5) is 4.39 Å². The maximum Gasteiger partial charge on any atom is 0.264 e. The van der Waals surface area contributed by atoms with Gasteiger partial charge in [-0.2, -0.15) is 0 Å². The Kier molecular flexibility index (Phi) is 5.08. The third kappa shape index (κ3) is 3.93. The maximum atomic E-state index is 12.9. The molecule has 1 fully saturated rings. The molecule has 1 N–H and O–H groups in total. The number of benzene rings is 1. The number of furan rings is 1. The summed E-state index contributed by atoms with van der Waals surface area (Å²) in [5, 5.41) is 0. The lowest BCUT2D eigenvalue weighted by molar-refractivity contribution is -0.124. The molecule has 0 unspecified atom stereocenters. The van der Waals surface area contributed by atoms with E-state index in [0.717, 1.165) is 24.3 Å². The van der Waals surface area contributed by atoms with Crippen molar-refractivity contribution in [3.05, 3.63) is 54.2 Å². The van der Waals surface area contributed by atoms with Crippen molar-refractivity contribution in [3.63, 3.8) is 0 Å². The number of nitrogens with zero attached hydrogens (tertiary/aromatic N) is 1. The van der Waals surface area contributed by atoms with E-state index >= 15 is 0 Å². The summed E-state index contributed by atoms with van der Waals surface area (Å²) in [7, 11) is -4.05. The van der Waals surface area contributed by atoms with Crippen LogP contribution in [0.15, 0.2) is 52.2 Å². The Bertz CT molecular complexity index is 886. The van der Waals surface area contributed by atoms with Gasteiger partial charge in [0.2, 0.25) is 5.91 Å². The number of amides is 2. The van der Waals surface area contributed by atoms with Crippen molar-refractivity contribution in [1.29, 1.82) is 0 Å². The van der Waals surface area contributed by atoms with Gasteiger partial charge in [0.1, 0.15) is 12.1 Å². The van der Waals surface area contributed by atoms with E-state index in [1.54, 1.807) is 11.0 Å². The van der Waals surface area contributed by atoms with Crippen LogP contribution in [-0.4, -0.2) is 38.2 Å². The Labute approximate surface area is 149 Å². The Morgan fingerprint density at radius 3 is 2.35 bits per heavy atom. The van der Waals surface area contributed by atoms with Crippen molar-refractivity contribution >= 4 is 21.8 Å². The molecular weight excluding hydrogens is 363 g/mol. The smallest absolute Gasteiger partial charge is 0.264 e. The molecule has 0 spiro atoms. The van der Waals surface area contributed by atoms with Crippen LogP contribution in [0, 0.1) is 11.7 Å². The zero-order valence-corrected chi connectivity index (χ0v) is 14.5. The Morgan fingerprint density at radius 2 is 1.77 bits per heavy atom. The maximum absolute atomic E-state index is 12.9.